The summed E-state index contributed by atoms with van der Waals surface area (Å²) in [6, 6.07) is 13.5. The maximum atomic E-state index is 10.7. The van der Waals surface area contributed by atoms with Crippen molar-refractivity contribution in [2.75, 3.05) is 0 Å². The van der Waals surface area contributed by atoms with Gasteiger partial charge in [0.25, 0.3) is 0 Å². The van der Waals surface area contributed by atoms with E-state index in [0.717, 1.165) is 27.2 Å². The van der Waals surface area contributed by atoms with E-state index in [-0.39, 0.29) is 0 Å². The van der Waals surface area contributed by atoms with E-state index in [2.05, 4.69) is 15.9 Å². The molecule has 0 aliphatic heterocycles. The number of halogens is 1. The van der Waals surface area contributed by atoms with Crippen LogP contribution in [0.5, 0.6) is 5.75 Å². The zero-order valence-electron chi connectivity index (χ0n) is 11.5. The normalized spacial score (nSPS) is 10.8. The third-order valence-electron chi connectivity index (χ3n) is 3.02. The molecule has 1 N–H and O–H groups in total. The van der Waals surface area contributed by atoms with E-state index in [1.54, 1.807) is 0 Å². The zero-order chi connectivity index (χ0) is 15.2. The molecule has 0 spiro atoms. The number of carbonyl (C=O) groups is 1. The monoisotopic (exact) mass is 346 g/mol. The molecule has 3 nitrogen and oxygen atoms in total. The van der Waals surface area contributed by atoms with Gasteiger partial charge < -0.3 is 9.84 Å². The lowest BCUT2D eigenvalue weighted by Crippen LogP contribution is -1.99. The summed E-state index contributed by atoms with van der Waals surface area (Å²) in [5.41, 5.74) is 2.99. The van der Waals surface area contributed by atoms with Crippen LogP contribution < -0.4 is 4.74 Å². The summed E-state index contributed by atoms with van der Waals surface area (Å²) < 4.78 is 6.70. The summed E-state index contributed by atoms with van der Waals surface area (Å²) in [6.45, 7) is 2.48. The zero-order valence-corrected chi connectivity index (χ0v) is 13.1. The van der Waals surface area contributed by atoms with Crippen LogP contribution in [0, 0.1) is 6.92 Å². The highest BCUT2D eigenvalue weighted by molar-refractivity contribution is 9.10. The van der Waals surface area contributed by atoms with Gasteiger partial charge >= 0.3 is 5.97 Å². The van der Waals surface area contributed by atoms with Crippen LogP contribution in [0.2, 0.25) is 0 Å². The Morgan fingerprint density at radius 3 is 2.76 bits per heavy atom. The van der Waals surface area contributed by atoms with Crippen LogP contribution in [-0.2, 0) is 11.4 Å². The largest absolute Gasteiger partial charge is 0.488 e. The number of rotatable bonds is 5. The highest BCUT2D eigenvalue weighted by atomic mass is 79.9. The molecule has 0 aromatic heterocycles. The Hall–Kier alpha value is -2.07. The van der Waals surface area contributed by atoms with E-state index < -0.39 is 5.97 Å². The van der Waals surface area contributed by atoms with Gasteiger partial charge in [-0.25, -0.2) is 4.79 Å². The van der Waals surface area contributed by atoms with E-state index in [1.165, 1.54) is 6.08 Å². The first-order valence-corrected chi connectivity index (χ1v) is 7.23. The summed E-state index contributed by atoms with van der Waals surface area (Å²) >= 11 is 3.37. The lowest BCUT2D eigenvalue weighted by Gasteiger charge is -2.11. The number of aryl methyl sites for hydroxylation is 1. The molecule has 0 aliphatic carbocycles. The Morgan fingerprint density at radius 1 is 1.29 bits per heavy atom. The van der Waals surface area contributed by atoms with Gasteiger partial charge in [0.1, 0.15) is 12.4 Å². The van der Waals surface area contributed by atoms with Crippen LogP contribution in [0.1, 0.15) is 16.7 Å². The molecule has 2 aromatic rings. The molecule has 21 heavy (non-hydrogen) atoms. The third-order valence-corrected chi connectivity index (χ3v) is 3.51. The lowest BCUT2D eigenvalue weighted by atomic mass is 10.1. The summed E-state index contributed by atoms with van der Waals surface area (Å²) in [6.07, 6.45) is 2.63. The Kier molecular flexibility index (Phi) is 5.17. The maximum Gasteiger partial charge on any atom is 0.328 e. The fourth-order valence-corrected chi connectivity index (χ4v) is 2.25. The van der Waals surface area contributed by atoms with Crippen molar-refractivity contribution in [2.45, 2.75) is 13.5 Å². The Morgan fingerprint density at radius 2 is 2.05 bits per heavy atom. The standard InChI is InChI=1S/C17H15BrO3/c1-12-4-2-3-5-14(12)11-21-16-8-7-15(18)10-13(16)6-9-17(19)20/h2-10H,11H2,1H3,(H,19,20)/b9-6+. The van der Waals surface area contributed by atoms with Crippen molar-refractivity contribution in [1.29, 1.82) is 0 Å². The minimum absolute atomic E-state index is 0.447. The topological polar surface area (TPSA) is 46.5 Å². The van der Waals surface area contributed by atoms with Crippen molar-refractivity contribution >= 4 is 28.0 Å². The van der Waals surface area contributed by atoms with Crippen LogP contribution in [0.3, 0.4) is 0 Å². The lowest BCUT2D eigenvalue weighted by molar-refractivity contribution is -0.131. The van der Waals surface area contributed by atoms with E-state index in [1.807, 2.05) is 49.4 Å². The summed E-state index contributed by atoms with van der Waals surface area (Å²) in [5, 5.41) is 8.74. The van der Waals surface area contributed by atoms with E-state index in [9.17, 15) is 4.79 Å². The van der Waals surface area contributed by atoms with Gasteiger partial charge in [-0.1, -0.05) is 40.2 Å². The first-order chi connectivity index (χ1) is 10.1. The summed E-state index contributed by atoms with van der Waals surface area (Å²) in [5.74, 6) is -0.334. The molecule has 0 bridgehead atoms. The van der Waals surface area contributed by atoms with Crippen LogP contribution in [0.25, 0.3) is 6.08 Å². The molecule has 108 valence electrons. The Labute approximate surface area is 132 Å². The predicted octanol–water partition coefficient (Wildman–Crippen LogP) is 4.43. The van der Waals surface area contributed by atoms with Crippen molar-refractivity contribution < 1.29 is 14.6 Å². The van der Waals surface area contributed by atoms with Crippen molar-refractivity contribution in [1.82, 2.24) is 0 Å². The second-order valence-corrected chi connectivity index (χ2v) is 5.48. The molecule has 0 radical (unpaired) electrons. The van der Waals surface area contributed by atoms with Crippen LogP contribution in [0.4, 0.5) is 0 Å². The van der Waals surface area contributed by atoms with Crippen molar-refractivity contribution in [2.24, 2.45) is 0 Å². The average Bonchev–Trinajstić information content (AvgIpc) is 2.45. The van der Waals surface area contributed by atoms with Gasteiger partial charge in [0, 0.05) is 16.1 Å². The minimum atomic E-state index is -0.986. The molecular weight excluding hydrogens is 332 g/mol. The number of benzene rings is 2. The van der Waals surface area contributed by atoms with E-state index >= 15 is 0 Å². The molecule has 0 amide bonds. The fraction of sp³-hybridized carbons (Fsp3) is 0.118. The quantitative estimate of drug-likeness (QED) is 0.814. The summed E-state index contributed by atoms with van der Waals surface area (Å²) in [4.78, 5) is 10.7. The average molecular weight is 347 g/mol. The molecule has 0 unspecified atom stereocenters. The number of hydrogen-bond acceptors (Lipinski definition) is 2. The van der Waals surface area contributed by atoms with E-state index in [4.69, 9.17) is 9.84 Å². The molecule has 0 fully saturated rings. The molecule has 0 saturated heterocycles. The fourth-order valence-electron chi connectivity index (χ4n) is 1.87. The SMILES string of the molecule is Cc1ccccc1COc1ccc(Br)cc1/C=C/C(=O)O. The van der Waals surface area contributed by atoms with Crippen LogP contribution in [-0.4, -0.2) is 11.1 Å². The maximum absolute atomic E-state index is 10.7. The molecule has 0 heterocycles. The Balaban J connectivity index is 2.20. The van der Waals surface area contributed by atoms with Gasteiger partial charge in [0.2, 0.25) is 0 Å². The summed E-state index contributed by atoms with van der Waals surface area (Å²) in [7, 11) is 0. The number of ether oxygens (including phenoxy) is 1. The molecule has 0 saturated carbocycles. The molecule has 0 aliphatic rings. The number of carboxylic acids is 1. The second kappa shape index (κ2) is 7.09. The van der Waals surface area contributed by atoms with Crippen molar-refractivity contribution in [3.8, 4) is 5.75 Å². The first kappa shape index (κ1) is 15.3. The van der Waals surface area contributed by atoms with Gasteiger partial charge in [0.15, 0.2) is 0 Å². The second-order valence-electron chi connectivity index (χ2n) is 4.57. The van der Waals surface area contributed by atoms with Gasteiger partial charge in [-0.15, -0.1) is 0 Å². The van der Waals surface area contributed by atoms with Crippen LogP contribution >= 0.6 is 15.9 Å². The minimum Gasteiger partial charge on any atom is -0.488 e. The van der Waals surface area contributed by atoms with Gasteiger partial charge in [-0.3, -0.25) is 0 Å². The number of carboxylic acid groups (broad SMARTS) is 1. The first-order valence-electron chi connectivity index (χ1n) is 6.44. The molecule has 4 heteroatoms. The van der Waals surface area contributed by atoms with Gasteiger partial charge in [0.05, 0.1) is 0 Å². The van der Waals surface area contributed by atoms with Gasteiger partial charge in [-0.2, -0.15) is 0 Å². The smallest absolute Gasteiger partial charge is 0.328 e. The Bertz CT molecular complexity index is 677. The molecule has 2 aromatic carbocycles. The van der Waals surface area contributed by atoms with Crippen LogP contribution in [0.15, 0.2) is 53.0 Å². The van der Waals surface area contributed by atoms with Gasteiger partial charge in [-0.05, 0) is 42.3 Å². The number of hydrogen-bond donors (Lipinski definition) is 1. The molecular formula is C17H15BrO3. The predicted molar refractivity (Wildman–Crippen MR) is 86.3 cm³/mol. The molecule has 2 rings (SSSR count). The highest BCUT2D eigenvalue weighted by Gasteiger charge is 2.04. The van der Waals surface area contributed by atoms with Crippen molar-refractivity contribution in [3.05, 3.63) is 69.7 Å². The van der Waals surface area contributed by atoms with Crippen molar-refractivity contribution in [3.63, 3.8) is 0 Å². The molecule has 0 atom stereocenters. The third kappa shape index (κ3) is 4.46. The number of aliphatic carboxylic acids is 1. The van der Waals surface area contributed by atoms with E-state index in [0.29, 0.717) is 12.4 Å². The highest BCUT2D eigenvalue weighted by Crippen LogP contribution is 2.25.